The minimum atomic E-state index is -0.738. The van der Waals surface area contributed by atoms with Crippen LogP contribution in [-0.4, -0.2) is 44.7 Å². The maximum Gasteiger partial charge on any atom is 0.306 e. The average molecular weight is 423 g/mol. The van der Waals surface area contributed by atoms with Gasteiger partial charge in [-0.15, -0.1) is 0 Å². The largest absolute Gasteiger partial charge is 0.481 e. The van der Waals surface area contributed by atoms with Crippen LogP contribution in [0.5, 0.6) is 0 Å². The highest BCUT2D eigenvalue weighted by Crippen LogP contribution is 2.69. The van der Waals surface area contributed by atoms with Gasteiger partial charge in [0.2, 0.25) is 0 Å². The summed E-state index contributed by atoms with van der Waals surface area (Å²) < 4.78 is 0. The van der Waals surface area contributed by atoms with Crippen molar-refractivity contribution in [1.82, 2.24) is 0 Å². The van der Waals surface area contributed by atoms with Crippen LogP contribution in [0.3, 0.4) is 0 Å². The molecule has 0 saturated heterocycles. The van der Waals surface area contributed by atoms with Crippen LogP contribution >= 0.6 is 0 Å². The van der Waals surface area contributed by atoms with Crippen LogP contribution in [-0.2, 0) is 4.79 Å². The topological polar surface area (TPSA) is 98.0 Å². The monoisotopic (exact) mass is 422 g/mol. The standard InChI is InChI=1S/C25H42O5/c1-5-6-13(2)22-16(23(29)30)11-18-21-17(12-20(28)25(18,22)4)24(3)8-7-15(26)9-14(24)10-19(21)27/h13-22,26-28H,5-12H2,1-4H3,(H,29,30)/t13-,14+,15-,16+,17+,18+,19-,20+,21-,22+,24+,25-/m1/s1. The van der Waals surface area contributed by atoms with Crippen molar-refractivity contribution < 1.29 is 25.2 Å². The van der Waals surface area contributed by atoms with Gasteiger partial charge in [0.25, 0.3) is 0 Å². The Hall–Kier alpha value is -0.650. The Morgan fingerprint density at radius 3 is 2.40 bits per heavy atom. The molecule has 0 aromatic carbocycles. The van der Waals surface area contributed by atoms with Crippen LogP contribution in [0.4, 0.5) is 0 Å². The van der Waals surface area contributed by atoms with E-state index in [2.05, 4.69) is 27.7 Å². The highest BCUT2D eigenvalue weighted by Gasteiger charge is 2.68. The molecular weight excluding hydrogens is 380 g/mol. The Bertz CT molecular complexity index is 666. The zero-order valence-corrected chi connectivity index (χ0v) is 19.1. The number of carbonyl (C=O) groups is 1. The van der Waals surface area contributed by atoms with Gasteiger partial charge in [0.1, 0.15) is 0 Å². The second-order valence-corrected chi connectivity index (χ2v) is 11.8. The SMILES string of the molecule is CCC[C@@H](C)[C@H]1[C@@H](C(=O)O)C[C@H]2[C@@H]3[C@H](O)C[C@@H]4C[C@H](O)CC[C@]4(C)[C@H]3C[C@H](O)[C@]12C. The molecule has 4 fully saturated rings. The molecule has 0 aromatic rings. The van der Waals surface area contributed by atoms with Crippen molar-refractivity contribution in [3.63, 3.8) is 0 Å². The summed E-state index contributed by atoms with van der Waals surface area (Å²) in [6, 6.07) is 0. The van der Waals surface area contributed by atoms with Crippen molar-refractivity contribution in [3.8, 4) is 0 Å². The Morgan fingerprint density at radius 1 is 1.07 bits per heavy atom. The summed E-state index contributed by atoms with van der Waals surface area (Å²) in [6.07, 6.45) is 5.08. The minimum absolute atomic E-state index is 0.0112. The zero-order valence-electron chi connectivity index (χ0n) is 19.1. The fourth-order valence-electron chi connectivity index (χ4n) is 9.17. The molecule has 4 rings (SSSR count). The van der Waals surface area contributed by atoms with Crippen molar-refractivity contribution in [2.45, 2.75) is 97.4 Å². The predicted molar refractivity (Wildman–Crippen MR) is 115 cm³/mol. The molecule has 30 heavy (non-hydrogen) atoms. The number of aliphatic hydroxyl groups is 3. The Labute approximate surface area is 181 Å². The second-order valence-electron chi connectivity index (χ2n) is 11.8. The summed E-state index contributed by atoms with van der Waals surface area (Å²) in [5.41, 5.74) is -0.450. The summed E-state index contributed by atoms with van der Waals surface area (Å²) in [5.74, 6) is -0.430. The van der Waals surface area contributed by atoms with E-state index < -0.39 is 29.5 Å². The zero-order chi connectivity index (χ0) is 22.0. The van der Waals surface area contributed by atoms with Crippen molar-refractivity contribution >= 4 is 5.97 Å². The van der Waals surface area contributed by atoms with Gasteiger partial charge in [0.05, 0.1) is 24.2 Å². The molecule has 4 saturated carbocycles. The van der Waals surface area contributed by atoms with E-state index in [9.17, 15) is 25.2 Å². The lowest BCUT2D eigenvalue weighted by Crippen LogP contribution is -2.62. The predicted octanol–water partition coefficient (Wildman–Crippen LogP) is 3.69. The third-order valence-corrected chi connectivity index (χ3v) is 10.6. The summed E-state index contributed by atoms with van der Waals surface area (Å²) in [6.45, 7) is 8.73. The normalized spacial score (nSPS) is 54.0. The number of fused-ring (bicyclic) bond motifs is 5. The Balaban J connectivity index is 1.73. The molecule has 4 N–H and O–H groups in total. The summed E-state index contributed by atoms with van der Waals surface area (Å²) >= 11 is 0. The third kappa shape index (κ3) is 3.09. The number of carboxylic acids is 1. The molecule has 0 unspecified atom stereocenters. The van der Waals surface area contributed by atoms with Gasteiger partial charge < -0.3 is 20.4 Å². The van der Waals surface area contributed by atoms with E-state index in [4.69, 9.17) is 0 Å². The van der Waals surface area contributed by atoms with E-state index >= 15 is 0 Å². The maximum absolute atomic E-state index is 12.3. The lowest BCUT2D eigenvalue weighted by Gasteiger charge is -2.63. The van der Waals surface area contributed by atoms with Crippen LogP contribution in [0.1, 0.15) is 79.1 Å². The number of hydrogen-bond acceptors (Lipinski definition) is 4. The maximum atomic E-state index is 12.3. The number of hydrogen-bond donors (Lipinski definition) is 4. The van der Waals surface area contributed by atoms with Gasteiger partial charge >= 0.3 is 5.97 Å². The highest BCUT2D eigenvalue weighted by atomic mass is 16.4. The first-order chi connectivity index (χ1) is 14.1. The van der Waals surface area contributed by atoms with E-state index in [1.165, 1.54) is 0 Å². The van der Waals surface area contributed by atoms with Crippen LogP contribution in [0.2, 0.25) is 0 Å². The average Bonchev–Trinajstić information content (AvgIpc) is 2.99. The van der Waals surface area contributed by atoms with Gasteiger partial charge in [-0.05, 0) is 79.4 Å². The lowest BCUT2D eigenvalue weighted by atomic mass is 9.43. The van der Waals surface area contributed by atoms with Gasteiger partial charge in [0, 0.05) is 5.41 Å². The first-order valence-electron chi connectivity index (χ1n) is 12.3. The van der Waals surface area contributed by atoms with Gasteiger partial charge in [-0.1, -0.05) is 40.5 Å². The quantitative estimate of drug-likeness (QED) is 0.554. The van der Waals surface area contributed by atoms with E-state index in [0.29, 0.717) is 19.3 Å². The Morgan fingerprint density at radius 2 is 1.77 bits per heavy atom. The van der Waals surface area contributed by atoms with Gasteiger partial charge in [-0.25, -0.2) is 0 Å². The molecule has 5 heteroatoms. The Kier molecular flexibility index (Phi) is 5.81. The molecular formula is C25H42O5. The van der Waals surface area contributed by atoms with Crippen molar-refractivity contribution in [2.24, 2.45) is 52.3 Å². The van der Waals surface area contributed by atoms with Gasteiger partial charge in [-0.3, -0.25) is 4.79 Å². The summed E-state index contributed by atoms with van der Waals surface area (Å²) in [7, 11) is 0. The molecule has 0 aromatic heterocycles. The molecule has 4 aliphatic carbocycles. The molecule has 0 spiro atoms. The van der Waals surface area contributed by atoms with E-state index in [1.807, 2.05) is 0 Å². The molecule has 0 bridgehead atoms. The molecule has 0 radical (unpaired) electrons. The van der Waals surface area contributed by atoms with Gasteiger partial charge in [-0.2, -0.15) is 0 Å². The highest BCUT2D eigenvalue weighted by molar-refractivity contribution is 5.71. The molecule has 0 aliphatic heterocycles. The molecule has 5 nitrogen and oxygen atoms in total. The first kappa shape index (κ1) is 22.5. The molecule has 0 amide bonds. The number of carboxylic acid groups (broad SMARTS) is 1. The first-order valence-corrected chi connectivity index (χ1v) is 12.3. The van der Waals surface area contributed by atoms with Crippen molar-refractivity contribution in [3.05, 3.63) is 0 Å². The van der Waals surface area contributed by atoms with E-state index in [-0.39, 0.29) is 47.0 Å². The van der Waals surface area contributed by atoms with E-state index in [1.54, 1.807) is 0 Å². The smallest absolute Gasteiger partial charge is 0.306 e. The number of aliphatic carboxylic acids is 1. The second kappa shape index (κ2) is 7.74. The number of rotatable bonds is 4. The van der Waals surface area contributed by atoms with Crippen LogP contribution in [0.15, 0.2) is 0 Å². The van der Waals surface area contributed by atoms with Crippen LogP contribution in [0.25, 0.3) is 0 Å². The molecule has 12 atom stereocenters. The molecule has 0 heterocycles. The van der Waals surface area contributed by atoms with E-state index in [0.717, 1.165) is 32.1 Å². The van der Waals surface area contributed by atoms with Crippen LogP contribution < -0.4 is 0 Å². The fraction of sp³-hybridized carbons (Fsp3) is 0.960. The lowest BCUT2D eigenvalue weighted by molar-refractivity contribution is -0.207. The van der Waals surface area contributed by atoms with Crippen LogP contribution in [0, 0.1) is 52.3 Å². The summed E-state index contributed by atoms with van der Waals surface area (Å²) in [5, 5.41) is 43.3. The van der Waals surface area contributed by atoms with Crippen molar-refractivity contribution in [2.75, 3.05) is 0 Å². The third-order valence-electron chi connectivity index (χ3n) is 10.6. The van der Waals surface area contributed by atoms with Gasteiger partial charge in [0.15, 0.2) is 0 Å². The minimum Gasteiger partial charge on any atom is -0.481 e. The van der Waals surface area contributed by atoms with Crippen molar-refractivity contribution in [1.29, 1.82) is 0 Å². The fourth-order valence-corrected chi connectivity index (χ4v) is 9.17. The summed E-state index contributed by atoms with van der Waals surface area (Å²) in [4.78, 5) is 12.3. The molecule has 172 valence electrons. The number of aliphatic hydroxyl groups excluding tert-OH is 3. The molecule has 4 aliphatic rings.